The van der Waals surface area contributed by atoms with Crippen LogP contribution in [-0.2, 0) is 6.54 Å². The molecule has 0 spiro atoms. The Morgan fingerprint density at radius 2 is 2.15 bits per heavy atom. The lowest BCUT2D eigenvalue weighted by Crippen LogP contribution is -2.30. The second kappa shape index (κ2) is 8.39. The quantitative estimate of drug-likeness (QED) is 0.730. The number of anilines is 1. The third kappa shape index (κ3) is 5.22. The van der Waals surface area contributed by atoms with Crippen LogP contribution in [0.4, 0.5) is 5.69 Å². The van der Waals surface area contributed by atoms with Crippen LogP contribution in [0.2, 0.25) is 0 Å². The van der Waals surface area contributed by atoms with Crippen LogP contribution in [0.15, 0.2) is 15.5 Å². The van der Waals surface area contributed by atoms with E-state index in [4.69, 9.17) is 0 Å². The standard InChI is InChI=1S/C13H24BrN5O/c1-10(7-15-2)8-16-11-9-17-19(6-5-18(3)4)13(20)12(11)14/h9-10,15-16H,5-8H2,1-4H3. The van der Waals surface area contributed by atoms with Crippen LogP contribution in [0.5, 0.6) is 0 Å². The molecule has 0 aliphatic heterocycles. The molecule has 0 fully saturated rings. The van der Waals surface area contributed by atoms with Gasteiger partial charge in [0.2, 0.25) is 0 Å². The molecule has 0 amide bonds. The minimum absolute atomic E-state index is 0.0990. The second-order valence-electron chi connectivity index (χ2n) is 5.25. The van der Waals surface area contributed by atoms with Gasteiger partial charge in [-0.3, -0.25) is 4.79 Å². The minimum atomic E-state index is -0.0990. The Balaban J connectivity index is 2.71. The fraction of sp³-hybridized carbons (Fsp3) is 0.692. The van der Waals surface area contributed by atoms with Gasteiger partial charge >= 0.3 is 0 Å². The highest BCUT2D eigenvalue weighted by Gasteiger charge is 2.09. The Labute approximate surface area is 128 Å². The molecule has 0 aliphatic rings. The van der Waals surface area contributed by atoms with E-state index in [2.05, 4.69) is 38.6 Å². The number of nitrogens with one attached hydrogen (secondary N) is 2. The van der Waals surface area contributed by atoms with Crippen LogP contribution in [0.3, 0.4) is 0 Å². The van der Waals surface area contributed by atoms with Gasteiger partial charge in [-0.25, -0.2) is 4.68 Å². The summed E-state index contributed by atoms with van der Waals surface area (Å²) in [6.07, 6.45) is 1.70. The average Bonchev–Trinajstić information content (AvgIpc) is 2.39. The first kappa shape index (κ1) is 17.1. The van der Waals surface area contributed by atoms with E-state index in [1.54, 1.807) is 6.20 Å². The zero-order chi connectivity index (χ0) is 15.1. The molecule has 1 aromatic rings. The number of hydrogen-bond acceptors (Lipinski definition) is 5. The van der Waals surface area contributed by atoms with E-state index in [0.29, 0.717) is 16.9 Å². The highest BCUT2D eigenvalue weighted by atomic mass is 79.9. The van der Waals surface area contributed by atoms with Crippen molar-refractivity contribution in [3.05, 3.63) is 21.0 Å². The van der Waals surface area contributed by atoms with Crippen molar-refractivity contribution in [2.75, 3.05) is 46.1 Å². The molecule has 6 nitrogen and oxygen atoms in total. The maximum Gasteiger partial charge on any atom is 0.283 e. The number of rotatable bonds is 8. The van der Waals surface area contributed by atoms with Gasteiger partial charge in [-0.05, 0) is 49.5 Å². The van der Waals surface area contributed by atoms with Crippen LogP contribution < -0.4 is 16.2 Å². The minimum Gasteiger partial charge on any atom is -0.382 e. The molecule has 0 aliphatic carbocycles. The predicted octanol–water partition coefficient (Wildman–Crippen LogP) is 0.835. The van der Waals surface area contributed by atoms with Crippen LogP contribution in [0, 0.1) is 5.92 Å². The smallest absolute Gasteiger partial charge is 0.283 e. The normalized spacial score (nSPS) is 12.7. The van der Waals surface area contributed by atoms with Crippen molar-refractivity contribution in [2.24, 2.45) is 5.92 Å². The summed E-state index contributed by atoms with van der Waals surface area (Å²) in [5, 5.41) is 10.6. The van der Waals surface area contributed by atoms with Crippen molar-refractivity contribution >= 4 is 21.6 Å². The molecule has 7 heteroatoms. The van der Waals surface area contributed by atoms with Crippen LogP contribution in [0.25, 0.3) is 0 Å². The van der Waals surface area contributed by atoms with Crippen molar-refractivity contribution in [1.29, 1.82) is 0 Å². The van der Waals surface area contributed by atoms with Gasteiger partial charge in [-0.15, -0.1) is 0 Å². The van der Waals surface area contributed by atoms with Crippen molar-refractivity contribution in [1.82, 2.24) is 20.0 Å². The fourth-order valence-corrected chi connectivity index (χ4v) is 2.19. The van der Waals surface area contributed by atoms with E-state index in [-0.39, 0.29) is 5.56 Å². The molecule has 20 heavy (non-hydrogen) atoms. The molecule has 1 aromatic heterocycles. The van der Waals surface area contributed by atoms with Crippen LogP contribution >= 0.6 is 15.9 Å². The number of halogens is 1. The SMILES string of the molecule is CNCC(C)CNc1cnn(CCN(C)C)c(=O)c1Br. The zero-order valence-corrected chi connectivity index (χ0v) is 14.2. The number of hydrogen-bond donors (Lipinski definition) is 2. The molecule has 0 radical (unpaired) electrons. The van der Waals surface area contributed by atoms with E-state index in [0.717, 1.165) is 25.3 Å². The summed E-state index contributed by atoms with van der Waals surface area (Å²) in [5.41, 5.74) is 0.650. The number of likely N-dealkylation sites (N-methyl/N-ethyl adjacent to an activating group) is 1. The van der Waals surface area contributed by atoms with Crippen molar-refractivity contribution < 1.29 is 0 Å². The zero-order valence-electron chi connectivity index (χ0n) is 12.6. The summed E-state index contributed by atoms with van der Waals surface area (Å²) in [6, 6.07) is 0. The van der Waals surface area contributed by atoms with Crippen molar-refractivity contribution in [3.8, 4) is 0 Å². The molecular weight excluding hydrogens is 322 g/mol. The predicted molar refractivity (Wildman–Crippen MR) is 86.3 cm³/mol. The van der Waals surface area contributed by atoms with E-state index in [1.807, 2.05) is 26.0 Å². The van der Waals surface area contributed by atoms with Gasteiger partial charge in [0.1, 0.15) is 4.47 Å². The van der Waals surface area contributed by atoms with E-state index < -0.39 is 0 Å². The Morgan fingerprint density at radius 1 is 1.45 bits per heavy atom. The lowest BCUT2D eigenvalue weighted by molar-refractivity contribution is 0.367. The molecule has 0 aromatic carbocycles. The van der Waals surface area contributed by atoms with Crippen molar-refractivity contribution in [2.45, 2.75) is 13.5 Å². The molecule has 2 N–H and O–H groups in total. The summed E-state index contributed by atoms with van der Waals surface area (Å²) in [6.45, 7) is 5.23. The molecule has 1 rings (SSSR count). The molecule has 1 unspecified atom stereocenters. The largest absolute Gasteiger partial charge is 0.382 e. The van der Waals surface area contributed by atoms with Gasteiger partial charge in [0, 0.05) is 13.1 Å². The molecule has 0 saturated heterocycles. The molecule has 0 saturated carbocycles. The van der Waals surface area contributed by atoms with Crippen molar-refractivity contribution in [3.63, 3.8) is 0 Å². The first-order chi connectivity index (χ1) is 9.45. The Morgan fingerprint density at radius 3 is 2.75 bits per heavy atom. The summed E-state index contributed by atoms with van der Waals surface area (Å²) in [5.74, 6) is 0.475. The third-order valence-electron chi connectivity index (χ3n) is 2.94. The monoisotopic (exact) mass is 345 g/mol. The molecule has 0 bridgehead atoms. The van der Waals surface area contributed by atoms with Gasteiger partial charge in [0.05, 0.1) is 18.4 Å². The summed E-state index contributed by atoms with van der Waals surface area (Å²) < 4.78 is 2.02. The summed E-state index contributed by atoms with van der Waals surface area (Å²) in [4.78, 5) is 14.2. The first-order valence-corrected chi connectivity index (χ1v) is 7.53. The van der Waals surface area contributed by atoms with Gasteiger partial charge < -0.3 is 15.5 Å². The lowest BCUT2D eigenvalue weighted by Gasteiger charge is -2.15. The maximum atomic E-state index is 12.2. The topological polar surface area (TPSA) is 62.2 Å². The first-order valence-electron chi connectivity index (χ1n) is 6.74. The number of nitrogens with zero attached hydrogens (tertiary/aromatic N) is 3. The molecule has 1 heterocycles. The Kier molecular flexibility index (Phi) is 7.18. The summed E-state index contributed by atoms with van der Waals surface area (Å²) >= 11 is 3.36. The van der Waals surface area contributed by atoms with Gasteiger partial charge in [-0.1, -0.05) is 6.92 Å². The maximum absolute atomic E-state index is 12.2. The van der Waals surface area contributed by atoms with Crippen LogP contribution in [-0.4, -0.2) is 55.5 Å². The fourth-order valence-electron chi connectivity index (χ4n) is 1.75. The third-order valence-corrected chi connectivity index (χ3v) is 3.70. The summed E-state index contributed by atoms with van der Waals surface area (Å²) in [7, 11) is 5.87. The van der Waals surface area contributed by atoms with Gasteiger partial charge in [-0.2, -0.15) is 5.10 Å². The molecule has 1 atom stereocenters. The Bertz CT molecular complexity index is 474. The Hall–Kier alpha value is -0.920. The van der Waals surface area contributed by atoms with Gasteiger partial charge in [0.25, 0.3) is 5.56 Å². The van der Waals surface area contributed by atoms with E-state index in [9.17, 15) is 4.79 Å². The van der Waals surface area contributed by atoms with Gasteiger partial charge in [0.15, 0.2) is 0 Å². The average molecular weight is 346 g/mol. The molecule has 114 valence electrons. The molecular formula is C13H24BrN5O. The second-order valence-corrected chi connectivity index (χ2v) is 6.04. The number of aromatic nitrogens is 2. The van der Waals surface area contributed by atoms with E-state index in [1.165, 1.54) is 4.68 Å². The lowest BCUT2D eigenvalue weighted by atomic mass is 10.2. The highest BCUT2D eigenvalue weighted by molar-refractivity contribution is 9.10. The van der Waals surface area contributed by atoms with Crippen LogP contribution in [0.1, 0.15) is 6.92 Å². The highest BCUT2D eigenvalue weighted by Crippen LogP contribution is 2.16. The van der Waals surface area contributed by atoms with E-state index >= 15 is 0 Å².